The van der Waals surface area contributed by atoms with Crippen LogP contribution < -0.4 is 5.32 Å². The number of piperidine rings is 1. The van der Waals surface area contributed by atoms with Gasteiger partial charge in [0, 0.05) is 25.0 Å². The maximum Gasteiger partial charge on any atom is 0.245 e. The summed E-state index contributed by atoms with van der Waals surface area (Å²) in [5.74, 6) is 1.12. The molecule has 4 heteroatoms. The molecule has 0 bridgehead atoms. The molecule has 2 aliphatic rings. The van der Waals surface area contributed by atoms with Crippen LogP contribution in [0.15, 0.2) is 12.7 Å². The lowest BCUT2D eigenvalue weighted by molar-refractivity contribution is -0.132. The summed E-state index contributed by atoms with van der Waals surface area (Å²) in [6, 6.07) is 0.274. The van der Waals surface area contributed by atoms with E-state index in [1.165, 1.54) is 25.3 Å². The minimum Gasteiger partial charge on any atom is -0.353 e. The van der Waals surface area contributed by atoms with Crippen molar-refractivity contribution < 1.29 is 9.59 Å². The fourth-order valence-corrected chi connectivity index (χ4v) is 2.82. The van der Waals surface area contributed by atoms with E-state index in [2.05, 4.69) is 18.8 Å². The quantitative estimate of drug-likeness (QED) is 0.756. The molecule has 1 aliphatic heterocycles. The molecule has 1 heterocycles. The Kier molecular flexibility index (Phi) is 5.21. The predicted molar refractivity (Wildman–Crippen MR) is 79.1 cm³/mol. The highest BCUT2D eigenvalue weighted by atomic mass is 16.2. The lowest BCUT2D eigenvalue weighted by Gasteiger charge is -2.31. The largest absolute Gasteiger partial charge is 0.353 e. The third kappa shape index (κ3) is 4.36. The molecule has 2 fully saturated rings. The van der Waals surface area contributed by atoms with E-state index in [9.17, 15) is 9.59 Å². The van der Waals surface area contributed by atoms with Gasteiger partial charge in [0.25, 0.3) is 0 Å². The van der Waals surface area contributed by atoms with Gasteiger partial charge in [-0.15, -0.1) is 0 Å². The zero-order chi connectivity index (χ0) is 14.5. The molecule has 1 unspecified atom stereocenters. The van der Waals surface area contributed by atoms with E-state index in [0.717, 1.165) is 25.2 Å². The molecular weight excluding hydrogens is 252 g/mol. The Bertz CT molecular complexity index is 369. The third-order valence-electron chi connectivity index (χ3n) is 4.45. The van der Waals surface area contributed by atoms with E-state index < -0.39 is 0 Å². The number of rotatable bonds is 6. The number of hydrogen-bond acceptors (Lipinski definition) is 2. The predicted octanol–water partition coefficient (Wildman–Crippen LogP) is 2.11. The number of carbonyl (C=O) groups is 2. The minimum atomic E-state index is -0.0262. The highest BCUT2D eigenvalue weighted by Crippen LogP contribution is 2.33. The average molecular weight is 278 g/mol. The van der Waals surface area contributed by atoms with E-state index in [1.807, 2.05) is 0 Å². The van der Waals surface area contributed by atoms with Gasteiger partial charge < -0.3 is 10.2 Å². The van der Waals surface area contributed by atoms with Gasteiger partial charge in [0.2, 0.25) is 11.8 Å². The Labute approximate surface area is 121 Å². The first-order chi connectivity index (χ1) is 9.60. The molecule has 2 amide bonds. The fourth-order valence-electron chi connectivity index (χ4n) is 2.82. The van der Waals surface area contributed by atoms with Gasteiger partial charge in [-0.2, -0.15) is 0 Å². The molecule has 1 saturated carbocycles. The van der Waals surface area contributed by atoms with Crippen LogP contribution in [0.3, 0.4) is 0 Å². The van der Waals surface area contributed by atoms with E-state index in [4.69, 9.17) is 0 Å². The second-order valence-corrected chi connectivity index (χ2v) is 6.23. The van der Waals surface area contributed by atoms with Gasteiger partial charge in [-0.3, -0.25) is 9.59 Å². The third-order valence-corrected chi connectivity index (χ3v) is 4.45. The molecule has 0 spiro atoms. The van der Waals surface area contributed by atoms with Gasteiger partial charge in [0.05, 0.1) is 0 Å². The molecule has 0 aromatic carbocycles. The first-order valence-corrected chi connectivity index (χ1v) is 7.82. The van der Waals surface area contributed by atoms with Crippen LogP contribution in [0.2, 0.25) is 0 Å². The molecule has 0 aromatic heterocycles. The summed E-state index contributed by atoms with van der Waals surface area (Å²) < 4.78 is 0. The van der Waals surface area contributed by atoms with Gasteiger partial charge in [0.15, 0.2) is 0 Å². The lowest BCUT2D eigenvalue weighted by atomic mass is 9.95. The van der Waals surface area contributed by atoms with Crippen LogP contribution >= 0.6 is 0 Å². The van der Waals surface area contributed by atoms with Gasteiger partial charge in [-0.25, -0.2) is 0 Å². The Morgan fingerprint density at radius 2 is 1.95 bits per heavy atom. The van der Waals surface area contributed by atoms with E-state index in [0.29, 0.717) is 13.1 Å². The van der Waals surface area contributed by atoms with E-state index in [-0.39, 0.29) is 23.8 Å². The SMILES string of the molecule is C=CC(=O)N1CCC(C(=O)NC(C)CCC2CC2)CC1. The van der Waals surface area contributed by atoms with Crippen molar-refractivity contribution >= 4 is 11.8 Å². The first kappa shape index (κ1) is 15.1. The van der Waals surface area contributed by atoms with Crippen molar-refractivity contribution in [2.45, 2.75) is 51.5 Å². The fraction of sp³-hybridized carbons (Fsp3) is 0.750. The molecule has 0 aromatic rings. The second-order valence-electron chi connectivity index (χ2n) is 6.23. The normalized spacial score (nSPS) is 21.4. The summed E-state index contributed by atoms with van der Waals surface area (Å²) >= 11 is 0. The van der Waals surface area contributed by atoms with Gasteiger partial charge in [-0.1, -0.05) is 19.4 Å². The zero-order valence-electron chi connectivity index (χ0n) is 12.4. The summed E-state index contributed by atoms with van der Waals surface area (Å²) in [4.78, 5) is 25.4. The van der Waals surface area contributed by atoms with Crippen molar-refractivity contribution in [1.29, 1.82) is 0 Å². The number of nitrogens with one attached hydrogen (secondary N) is 1. The Balaban J connectivity index is 1.67. The molecule has 2 rings (SSSR count). The maximum absolute atomic E-state index is 12.2. The Hall–Kier alpha value is -1.32. The number of nitrogens with zero attached hydrogens (tertiary/aromatic N) is 1. The Morgan fingerprint density at radius 1 is 1.30 bits per heavy atom. The van der Waals surface area contributed by atoms with Gasteiger partial charge in [-0.05, 0) is 44.6 Å². The van der Waals surface area contributed by atoms with E-state index in [1.54, 1.807) is 4.90 Å². The van der Waals surface area contributed by atoms with Crippen molar-refractivity contribution in [1.82, 2.24) is 10.2 Å². The number of amides is 2. The lowest BCUT2D eigenvalue weighted by Crippen LogP contribution is -2.44. The number of hydrogen-bond donors (Lipinski definition) is 1. The molecule has 1 aliphatic carbocycles. The molecule has 20 heavy (non-hydrogen) atoms. The summed E-state index contributed by atoms with van der Waals surface area (Å²) in [7, 11) is 0. The topological polar surface area (TPSA) is 49.4 Å². The maximum atomic E-state index is 12.2. The highest BCUT2D eigenvalue weighted by Gasteiger charge is 2.27. The molecule has 112 valence electrons. The second kappa shape index (κ2) is 6.91. The Morgan fingerprint density at radius 3 is 2.50 bits per heavy atom. The van der Waals surface area contributed by atoms with Crippen molar-refractivity contribution in [2.75, 3.05) is 13.1 Å². The van der Waals surface area contributed by atoms with Crippen LogP contribution in [-0.2, 0) is 9.59 Å². The van der Waals surface area contributed by atoms with Crippen molar-refractivity contribution in [3.8, 4) is 0 Å². The van der Waals surface area contributed by atoms with Crippen LogP contribution in [0.5, 0.6) is 0 Å². The summed E-state index contributed by atoms with van der Waals surface area (Å²) in [5, 5.41) is 3.13. The standard InChI is InChI=1S/C16H26N2O2/c1-3-15(19)18-10-8-14(9-11-18)16(20)17-12(2)4-5-13-6-7-13/h3,12-14H,1,4-11H2,2H3,(H,17,20). The summed E-state index contributed by atoms with van der Waals surface area (Å²) in [6.07, 6.45) is 7.95. The van der Waals surface area contributed by atoms with Crippen LogP contribution in [0, 0.1) is 11.8 Å². The first-order valence-electron chi connectivity index (χ1n) is 7.82. The summed E-state index contributed by atoms with van der Waals surface area (Å²) in [6.45, 7) is 6.92. The zero-order valence-corrected chi connectivity index (χ0v) is 12.4. The minimum absolute atomic E-state index is 0.0262. The van der Waals surface area contributed by atoms with Crippen LogP contribution in [0.4, 0.5) is 0 Å². The van der Waals surface area contributed by atoms with Crippen molar-refractivity contribution in [2.24, 2.45) is 11.8 Å². The van der Waals surface area contributed by atoms with E-state index >= 15 is 0 Å². The molecular formula is C16H26N2O2. The average Bonchev–Trinajstić information content (AvgIpc) is 3.28. The molecule has 1 N–H and O–H groups in total. The monoisotopic (exact) mass is 278 g/mol. The smallest absolute Gasteiger partial charge is 0.245 e. The van der Waals surface area contributed by atoms with Crippen molar-refractivity contribution in [3.63, 3.8) is 0 Å². The molecule has 1 saturated heterocycles. The van der Waals surface area contributed by atoms with Gasteiger partial charge >= 0.3 is 0 Å². The van der Waals surface area contributed by atoms with Crippen LogP contribution in [0.1, 0.15) is 45.4 Å². The molecule has 4 nitrogen and oxygen atoms in total. The van der Waals surface area contributed by atoms with Crippen LogP contribution in [-0.4, -0.2) is 35.8 Å². The number of likely N-dealkylation sites (tertiary alicyclic amines) is 1. The van der Waals surface area contributed by atoms with Crippen LogP contribution in [0.25, 0.3) is 0 Å². The van der Waals surface area contributed by atoms with Gasteiger partial charge in [0.1, 0.15) is 0 Å². The number of carbonyl (C=O) groups excluding carboxylic acids is 2. The highest BCUT2D eigenvalue weighted by molar-refractivity contribution is 5.87. The summed E-state index contributed by atoms with van der Waals surface area (Å²) in [5.41, 5.74) is 0. The van der Waals surface area contributed by atoms with Crippen molar-refractivity contribution in [3.05, 3.63) is 12.7 Å². The molecule has 1 atom stereocenters. The molecule has 0 radical (unpaired) electrons.